The fraction of sp³-hybridized carbons (Fsp3) is 0.211. The third-order valence-electron chi connectivity index (χ3n) is 3.44. The third-order valence-corrected chi connectivity index (χ3v) is 4.03. The molecule has 0 spiro atoms. The molecule has 0 heterocycles. The second kappa shape index (κ2) is 10.3. The minimum absolute atomic E-state index is 0.284. The molecule has 0 bridgehead atoms. The molecular formula is C19H20BrN3O5. The highest BCUT2D eigenvalue weighted by Crippen LogP contribution is 2.36. The van der Waals surface area contributed by atoms with Gasteiger partial charge in [-0.3, -0.25) is 0 Å². The minimum Gasteiger partial charge on any atom is -0.490 e. The summed E-state index contributed by atoms with van der Waals surface area (Å²) in [5.74, 6) is -0.445. The van der Waals surface area contributed by atoms with Crippen LogP contribution in [0.1, 0.15) is 18.1 Å². The summed E-state index contributed by atoms with van der Waals surface area (Å²) in [4.78, 5) is 22.7. The van der Waals surface area contributed by atoms with Gasteiger partial charge in [-0.05, 0) is 59.1 Å². The quantitative estimate of drug-likeness (QED) is 0.419. The van der Waals surface area contributed by atoms with Crippen molar-refractivity contribution in [3.05, 3.63) is 52.0 Å². The largest absolute Gasteiger partial charge is 0.490 e. The number of nitrogens with one attached hydrogen (secondary N) is 2. The average molecular weight is 450 g/mol. The van der Waals surface area contributed by atoms with Crippen molar-refractivity contribution in [1.82, 2.24) is 5.43 Å². The molecule has 2 aromatic rings. The van der Waals surface area contributed by atoms with E-state index in [1.807, 2.05) is 25.1 Å². The number of hydrazone groups is 1. The van der Waals surface area contributed by atoms with Crippen LogP contribution in [0.15, 0.2) is 46.0 Å². The van der Waals surface area contributed by atoms with Crippen molar-refractivity contribution in [3.8, 4) is 11.5 Å². The molecule has 2 rings (SSSR count). The summed E-state index contributed by atoms with van der Waals surface area (Å²) in [7, 11) is 0. The number of ether oxygens (including phenoxy) is 2. The lowest BCUT2D eigenvalue weighted by atomic mass is 10.2. The average Bonchev–Trinajstić information content (AvgIpc) is 2.63. The molecule has 28 heavy (non-hydrogen) atoms. The van der Waals surface area contributed by atoms with E-state index in [0.717, 1.165) is 5.56 Å². The van der Waals surface area contributed by atoms with Gasteiger partial charge in [-0.15, -0.1) is 0 Å². The number of para-hydroxylation sites is 1. The van der Waals surface area contributed by atoms with E-state index in [1.54, 1.807) is 25.1 Å². The highest BCUT2D eigenvalue weighted by molar-refractivity contribution is 9.10. The maximum Gasteiger partial charge on any atom is 0.341 e. The van der Waals surface area contributed by atoms with E-state index in [0.29, 0.717) is 28.1 Å². The highest BCUT2D eigenvalue weighted by Gasteiger charge is 2.13. The van der Waals surface area contributed by atoms with E-state index in [9.17, 15) is 9.59 Å². The first-order valence-corrected chi connectivity index (χ1v) is 9.16. The Morgan fingerprint density at radius 3 is 2.68 bits per heavy atom. The number of urea groups is 1. The monoisotopic (exact) mass is 449 g/mol. The van der Waals surface area contributed by atoms with E-state index in [-0.39, 0.29) is 5.75 Å². The molecule has 0 fully saturated rings. The normalized spacial score (nSPS) is 10.5. The molecule has 148 valence electrons. The van der Waals surface area contributed by atoms with Crippen molar-refractivity contribution >= 4 is 39.8 Å². The van der Waals surface area contributed by atoms with Gasteiger partial charge in [-0.1, -0.05) is 18.2 Å². The number of carbonyl (C=O) groups is 2. The molecule has 0 atom stereocenters. The maximum absolute atomic E-state index is 11.9. The topological polar surface area (TPSA) is 109 Å². The van der Waals surface area contributed by atoms with Gasteiger partial charge in [0.15, 0.2) is 18.1 Å². The Balaban J connectivity index is 2.07. The molecule has 0 radical (unpaired) electrons. The van der Waals surface area contributed by atoms with Gasteiger partial charge in [-0.25, -0.2) is 15.0 Å². The van der Waals surface area contributed by atoms with Crippen LogP contribution in [0.2, 0.25) is 0 Å². The van der Waals surface area contributed by atoms with Crippen LogP contribution in [0.3, 0.4) is 0 Å². The van der Waals surface area contributed by atoms with Crippen LogP contribution in [0.5, 0.6) is 11.5 Å². The lowest BCUT2D eigenvalue weighted by Gasteiger charge is -2.13. The summed E-state index contributed by atoms with van der Waals surface area (Å²) >= 11 is 3.33. The SMILES string of the molecule is CCOc1cc(C=NNC(=O)Nc2ccccc2C)cc(Br)c1OCC(=O)O. The first kappa shape index (κ1) is 21.2. The number of hydrogen-bond acceptors (Lipinski definition) is 5. The summed E-state index contributed by atoms with van der Waals surface area (Å²) in [6, 6.07) is 10.2. The van der Waals surface area contributed by atoms with Gasteiger partial charge in [0.2, 0.25) is 0 Å². The fourth-order valence-electron chi connectivity index (χ4n) is 2.23. The number of rotatable bonds is 8. The van der Waals surface area contributed by atoms with E-state index in [1.165, 1.54) is 6.21 Å². The number of anilines is 1. The first-order valence-electron chi connectivity index (χ1n) is 8.37. The number of hydrogen-bond donors (Lipinski definition) is 3. The zero-order valence-electron chi connectivity index (χ0n) is 15.4. The van der Waals surface area contributed by atoms with Crippen LogP contribution in [0, 0.1) is 6.92 Å². The lowest BCUT2D eigenvalue weighted by molar-refractivity contribution is -0.139. The predicted octanol–water partition coefficient (Wildman–Crippen LogP) is 3.78. The molecule has 2 aromatic carbocycles. The smallest absolute Gasteiger partial charge is 0.341 e. The molecule has 2 amide bonds. The van der Waals surface area contributed by atoms with Crippen molar-refractivity contribution in [2.24, 2.45) is 5.10 Å². The van der Waals surface area contributed by atoms with Crippen LogP contribution in [0.4, 0.5) is 10.5 Å². The number of aliphatic carboxylic acids is 1. The van der Waals surface area contributed by atoms with Crippen molar-refractivity contribution in [2.75, 3.05) is 18.5 Å². The third kappa shape index (κ3) is 6.27. The van der Waals surface area contributed by atoms with E-state index >= 15 is 0 Å². The molecule has 0 saturated heterocycles. The van der Waals surface area contributed by atoms with Gasteiger partial charge < -0.3 is 19.9 Å². The number of amides is 2. The predicted molar refractivity (Wildman–Crippen MR) is 109 cm³/mol. The molecule has 3 N–H and O–H groups in total. The number of carboxylic acids is 1. The number of benzene rings is 2. The van der Waals surface area contributed by atoms with Crippen LogP contribution < -0.4 is 20.2 Å². The summed E-state index contributed by atoms with van der Waals surface area (Å²) in [5.41, 5.74) is 4.63. The maximum atomic E-state index is 11.9. The molecule has 0 saturated carbocycles. The summed E-state index contributed by atoms with van der Waals surface area (Å²) in [6.07, 6.45) is 1.44. The summed E-state index contributed by atoms with van der Waals surface area (Å²) in [6.45, 7) is 3.56. The number of carboxylic acid groups (broad SMARTS) is 1. The lowest BCUT2D eigenvalue weighted by Crippen LogP contribution is -2.24. The zero-order valence-corrected chi connectivity index (χ0v) is 16.9. The van der Waals surface area contributed by atoms with Crippen LogP contribution in [0.25, 0.3) is 0 Å². The van der Waals surface area contributed by atoms with Gasteiger partial charge in [0.1, 0.15) is 0 Å². The molecule has 0 aliphatic carbocycles. The summed E-state index contributed by atoms with van der Waals surface area (Å²) in [5, 5.41) is 15.4. The Kier molecular flexibility index (Phi) is 7.82. The summed E-state index contributed by atoms with van der Waals surface area (Å²) < 4.78 is 11.3. The van der Waals surface area contributed by atoms with E-state index in [4.69, 9.17) is 14.6 Å². The molecule has 0 aromatic heterocycles. The van der Waals surface area contributed by atoms with Crippen molar-refractivity contribution < 1.29 is 24.2 Å². The van der Waals surface area contributed by atoms with Gasteiger partial charge in [0, 0.05) is 5.69 Å². The van der Waals surface area contributed by atoms with E-state index < -0.39 is 18.6 Å². The minimum atomic E-state index is -1.09. The number of nitrogens with zero attached hydrogens (tertiary/aromatic N) is 1. The van der Waals surface area contributed by atoms with Gasteiger partial charge in [-0.2, -0.15) is 5.10 Å². The standard InChI is InChI=1S/C19H20BrN3O5/c1-3-27-16-9-13(8-14(20)18(16)28-11-17(24)25)10-21-23-19(26)22-15-7-5-4-6-12(15)2/h4-10H,3,11H2,1-2H3,(H,24,25)(H2,22,23,26). The molecule has 0 aliphatic heterocycles. The molecular weight excluding hydrogens is 430 g/mol. The molecule has 8 nitrogen and oxygen atoms in total. The van der Waals surface area contributed by atoms with Gasteiger partial charge in [0.05, 0.1) is 17.3 Å². The van der Waals surface area contributed by atoms with Crippen molar-refractivity contribution in [3.63, 3.8) is 0 Å². The van der Waals surface area contributed by atoms with Crippen LogP contribution in [-0.4, -0.2) is 36.5 Å². The molecule has 9 heteroatoms. The zero-order chi connectivity index (χ0) is 20.5. The Labute approximate surface area is 170 Å². The second-order valence-electron chi connectivity index (χ2n) is 5.58. The van der Waals surface area contributed by atoms with Crippen molar-refractivity contribution in [2.45, 2.75) is 13.8 Å². The number of halogens is 1. The Morgan fingerprint density at radius 2 is 2.00 bits per heavy atom. The van der Waals surface area contributed by atoms with Gasteiger partial charge >= 0.3 is 12.0 Å². The van der Waals surface area contributed by atoms with Gasteiger partial charge in [0.25, 0.3) is 0 Å². The van der Waals surface area contributed by atoms with E-state index in [2.05, 4.69) is 31.8 Å². The van der Waals surface area contributed by atoms with Crippen LogP contribution in [-0.2, 0) is 4.79 Å². The van der Waals surface area contributed by atoms with Crippen molar-refractivity contribution in [1.29, 1.82) is 0 Å². The second-order valence-corrected chi connectivity index (χ2v) is 6.44. The molecule has 0 unspecified atom stereocenters. The van der Waals surface area contributed by atoms with Crippen LogP contribution >= 0.6 is 15.9 Å². The Bertz CT molecular complexity index is 886. The Morgan fingerprint density at radius 1 is 1.25 bits per heavy atom. The number of carbonyl (C=O) groups excluding carboxylic acids is 1. The highest BCUT2D eigenvalue weighted by atomic mass is 79.9. The first-order chi connectivity index (χ1) is 13.4. The Hall–Kier alpha value is -3.07. The number of aryl methyl sites for hydroxylation is 1. The molecule has 0 aliphatic rings. The fourth-order valence-corrected chi connectivity index (χ4v) is 2.80.